The van der Waals surface area contributed by atoms with Crippen LogP contribution < -0.4 is 5.32 Å². The Hall–Kier alpha value is 0.240. The molecule has 0 radical (unpaired) electrons. The van der Waals surface area contributed by atoms with Gasteiger partial charge in [0, 0.05) is 11.8 Å². The van der Waals surface area contributed by atoms with Crippen molar-refractivity contribution in [3.05, 3.63) is 0 Å². The number of thiocarbonyl (C=S) groups is 1. The molecule has 1 nitrogen and oxygen atoms in total. The Bertz CT molecular complexity index is 304. The molecule has 0 aromatic heterocycles. The lowest BCUT2D eigenvalue weighted by Crippen LogP contribution is -2.51. The Morgan fingerprint density at radius 1 is 1.06 bits per heavy atom. The molecule has 4 aliphatic carbocycles. The molecule has 0 spiro atoms. The molecule has 5 fully saturated rings. The predicted octanol–water partition coefficient (Wildman–Crippen LogP) is 3.19. The Morgan fingerprint density at radius 3 is 2.06 bits per heavy atom. The highest BCUT2D eigenvalue weighted by atomic mass is 32.2. The van der Waals surface area contributed by atoms with Crippen LogP contribution >= 0.6 is 24.0 Å². The van der Waals surface area contributed by atoms with Crippen molar-refractivity contribution < 1.29 is 0 Å². The lowest BCUT2D eigenvalue weighted by molar-refractivity contribution is -0.0519. The summed E-state index contributed by atoms with van der Waals surface area (Å²) in [6, 6.07) is 0. The van der Waals surface area contributed by atoms with E-state index in [4.69, 9.17) is 12.2 Å². The van der Waals surface area contributed by atoms with Gasteiger partial charge in [-0.15, -0.1) is 0 Å². The number of rotatable bonds is 1. The maximum absolute atomic E-state index is 5.30. The standard InChI is InChI=1S/C13H19NS2/c15-12-14-7-11(16-12)13-4-8-1-9(5-13)3-10(2-8)6-13/h8-11H,1-7H2,(H,14,15). The van der Waals surface area contributed by atoms with Crippen molar-refractivity contribution in [2.24, 2.45) is 23.2 Å². The van der Waals surface area contributed by atoms with Gasteiger partial charge in [-0.25, -0.2) is 0 Å². The summed E-state index contributed by atoms with van der Waals surface area (Å²) in [5.74, 6) is 3.21. The van der Waals surface area contributed by atoms with Crippen molar-refractivity contribution in [3.63, 3.8) is 0 Å². The molecule has 1 N–H and O–H groups in total. The van der Waals surface area contributed by atoms with Crippen LogP contribution in [0.15, 0.2) is 0 Å². The van der Waals surface area contributed by atoms with Crippen molar-refractivity contribution >= 4 is 28.3 Å². The van der Waals surface area contributed by atoms with E-state index in [-0.39, 0.29) is 0 Å². The summed E-state index contributed by atoms with van der Waals surface area (Å²) < 4.78 is 1.06. The van der Waals surface area contributed by atoms with Gasteiger partial charge in [-0.05, 0) is 61.7 Å². The third-order valence-corrected chi connectivity index (χ3v) is 7.19. The SMILES string of the molecule is S=C1NCC(C23CC4CC(CC(C4)C2)C3)S1. The summed E-state index contributed by atoms with van der Waals surface area (Å²) in [7, 11) is 0. The lowest BCUT2D eigenvalue weighted by Gasteiger charge is -2.58. The van der Waals surface area contributed by atoms with Crippen LogP contribution in [0, 0.1) is 23.2 Å². The maximum atomic E-state index is 5.30. The van der Waals surface area contributed by atoms with Gasteiger partial charge in [-0.1, -0.05) is 24.0 Å². The number of thioether (sulfide) groups is 1. The van der Waals surface area contributed by atoms with Gasteiger partial charge in [0.25, 0.3) is 0 Å². The van der Waals surface area contributed by atoms with Gasteiger partial charge in [0.15, 0.2) is 0 Å². The summed E-state index contributed by atoms with van der Waals surface area (Å²) in [4.78, 5) is 0. The van der Waals surface area contributed by atoms with Gasteiger partial charge < -0.3 is 5.32 Å². The van der Waals surface area contributed by atoms with E-state index in [9.17, 15) is 0 Å². The van der Waals surface area contributed by atoms with Crippen molar-refractivity contribution in [2.45, 2.75) is 43.8 Å². The second kappa shape index (κ2) is 3.38. The Morgan fingerprint density at radius 2 is 1.62 bits per heavy atom. The van der Waals surface area contributed by atoms with Crippen molar-refractivity contribution in [2.75, 3.05) is 6.54 Å². The molecule has 5 rings (SSSR count). The minimum Gasteiger partial charge on any atom is -0.370 e. The summed E-state index contributed by atoms with van der Waals surface area (Å²) in [6.45, 7) is 1.15. The fourth-order valence-corrected chi connectivity index (χ4v) is 6.86. The Kier molecular flexibility index (Phi) is 2.15. The third-order valence-electron chi connectivity index (χ3n) is 5.45. The number of nitrogens with one attached hydrogen (secondary N) is 1. The zero-order valence-electron chi connectivity index (χ0n) is 9.58. The summed E-state index contributed by atoms with van der Waals surface area (Å²) >= 11 is 7.28. The van der Waals surface area contributed by atoms with Gasteiger partial charge in [0.1, 0.15) is 4.32 Å². The van der Waals surface area contributed by atoms with Crippen LogP contribution in [0.4, 0.5) is 0 Å². The zero-order valence-corrected chi connectivity index (χ0v) is 11.2. The first kappa shape index (κ1) is 10.2. The molecule has 1 saturated heterocycles. The molecule has 0 amide bonds. The van der Waals surface area contributed by atoms with E-state index in [0.717, 1.165) is 33.9 Å². The van der Waals surface area contributed by atoms with Gasteiger partial charge in [-0.3, -0.25) is 0 Å². The fraction of sp³-hybridized carbons (Fsp3) is 0.923. The molecular formula is C13H19NS2. The summed E-state index contributed by atoms with van der Waals surface area (Å²) in [5.41, 5.74) is 0.674. The van der Waals surface area contributed by atoms with Crippen LogP contribution in [0.3, 0.4) is 0 Å². The average molecular weight is 253 g/mol. The van der Waals surface area contributed by atoms with Crippen LogP contribution in [0.2, 0.25) is 0 Å². The highest BCUT2D eigenvalue weighted by Crippen LogP contribution is 2.63. The molecule has 1 heterocycles. The first-order chi connectivity index (χ1) is 7.73. The van der Waals surface area contributed by atoms with Crippen molar-refractivity contribution in [1.29, 1.82) is 0 Å². The van der Waals surface area contributed by atoms with Crippen LogP contribution in [-0.4, -0.2) is 16.1 Å². The van der Waals surface area contributed by atoms with E-state index in [2.05, 4.69) is 5.32 Å². The molecule has 3 heteroatoms. The molecule has 5 aliphatic rings. The Labute approximate surface area is 107 Å². The quantitative estimate of drug-likeness (QED) is 0.721. The van der Waals surface area contributed by atoms with E-state index in [1.54, 1.807) is 19.3 Å². The minimum atomic E-state index is 0.674. The first-order valence-corrected chi connectivity index (χ1v) is 7.97. The van der Waals surface area contributed by atoms with Crippen LogP contribution in [0.25, 0.3) is 0 Å². The van der Waals surface area contributed by atoms with E-state index >= 15 is 0 Å². The van der Waals surface area contributed by atoms with E-state index in [0.29, 0.717) is 5.41 Å². The van der Waals surface area contributed by atoms with Crippen LogP contribution in [0.5, 0.6) is 0 Å². The summed E-state index contributed by atoms with van der Waals surface area (Å²) in [6.07, 6.45) is 9.19. The lowest BCUT2D eigenvalue weighted by atomic mass is 9.48. The maximum Gasteiger partial charge on any atom is 0.134 e. The second-order valence-corrected chi connectivity index (χ2v) is 8.43. The Balaban J connectivity index is 1.64. The number of hydrogen-bond acceptors (Lipinski definition) is 2. The molecule has 1 atom stereocenters. The molecule has 0 aromatic carbocycles. The molecule has 16 heavy (non-hydrogen) atoms. The predicted molar refractivity (Wildman–Crippen MR) is 72.6 cm³/mol. The fourth-order valence-electron chi connectivity index (χ4n) is 5.30. The topological polar surface area (TPSA) is 12.0 Å². The highest BCUT2D eigenvalue weighted by molar-refractivity contribution is 8.23. The smallest absolute Gasteiger partial charge is 0.134 e. The molecule has 4 saturated carbocycles. The van der Waals surface area contributed by atoms with E-state index in [1.165, 1.54) is 19.3 Å². The van der Waals surface area contributed by atoms with E-state index in [1.807, 2.05) is 11.8 Å². The third kappa shape index (κ3) is 1.40. The molecular weight excluding hydrogens is 234 g/mol. The first-order valence-electron chi connectivity index (χ1n) is 6.68. The van der Waals surface area contributed by atoms with E-state index < -0.39 is 0 Å². The van der Waals surface area contributed by atoms with Crippen molar-refractivity contribution in [1.82, 2.24) is 5.32 Å². The minimum absolute atomic E-state index is 0.674. The highest BCUT2D eigenvalue weighted by Gasteiger charge is 2.55. The second-order valence-electron chi connectivity index (χ2n) is 6.55. The van der Waals surface area contributed by atoms with Gasteiger partial charge in [-0.2, -0.15) is 0 Å². The average Bonchev–Trinajstić information content (AvgIpc) is 2.63. The molecule has 1 unspecified atom stereocenters. The van der Waals surface area contributed by atoms with Gasteiger partial charge >= 0.3 is 0 Å². The van der Waals surface area contributed by atoms with Crippen molar-refractivity contribution in [3.8, 4) is 0 Å². The molecule has 4 bridgehead atoms. The van der Waals surface area contributed by atoms with Gasteiger partial charge in [0.2, 0.25) is 0 Å². The van der Waals surface area contributed by atoms with Crippen LogP contribution in [0.1, 0.15) is 38.5 Å². The number of hydrogen-bond donors (Lipinski definition) is 1. The van der Waals surface area contributed by atoms with Gasteiger partial charge in [0.05, 0.1) is 0 Å². The molecule has 0 aromatic rings. The van der Waals surface area contributed by atoms with Crippen LogP contribution in [-0.2, 0) is 0 Å². The molecule has 1 aliphatic heterocycles. The summed E-state index contributed by atoms with van der Waals surface area (Å²) in [5, 5.41) is 4.19. The molecule has 88 valence electrons. The largest absolute Gasteiger partial charge is 0.370 e. The monoisotopic (exact) mass is 253 g/mol. The zero-order chi connectivity index (χ0) is 10.8. The normalized spacial score (nSPS) is 54.4.